The van der Waals surface area contributed by atoms with E-state index in [1.54, 1.807) is 12.1 Å². The Labute approximate surface area is 237 Å². The minimum absolute atomic E-state index is 0.0128. The molecule has 206 valence electrons. The number of nitrogens with zero attached hydrogens (tertiary/aromatic N) is 3. The molecule has 0 N–H and O–H groups in total. The van der Waals surface area contributed by atoms with Crippen LogP contribution in [0.1, 0.15) is 62.5 Å². The Morgan fingerprint density at radius 3 is 2.45 bits per heavy atom. The number of hydrogen-bond donors (Lipinski definition) is 0. The van der Waals surface area contributed by atoms with Gasteiger partial charge in [0.05, 0.1) is 6.42 Å². The molecule has 0 aliphatic carbocycles. The minimum atomic E-state index is -0.420. The molecule has 0 bridgehead atoms. The molecule has 0 radical (unpaired) electrons. The van der Waals surface area contributed by atoms with E-state index >= 15 is 0 Å². The van der Waals surface area contributed by atoms with Gasteiger partial charge in [-0.3, -0.25) is 4.79 Å². The van der Waals surface area contributed by atoms with Crippen LogP contribution in [-0.4, -0.2) is 72.5 Å². The summed E-state index contributed by atoms with van der Waals surface area (Å²) in [6.45, 7) is 7.15. The molecule has 3 aliphatic rings. The number of likely N-dealkylation sites (tertiary alicyclic amines) is 3. The third kappa shape index (κ3) is 6.55. The van der Waals surface area contributed by atoms with Gasteiger partial charge in [0, 0.05) is 40.2 Å². The van der Waals surface area contributed by atoms with E-state index in [0.717, 1.165) is 50.0 Å². The molecule has 4 nitrogen and oxygen atoms in total. The van der Waals surface area contributed by atoms with Gasteiger partial charge in [-0.05, 0) is 107 Å². The highest BCUT2D eigenvalue weighted by atomic mass is 35.5. The van der Waals surface area contributed by atoms with E-state index in [-0.39, 0.29) is 23.3 Å². The zero-order valence-corrected chi connectivity index (χ0v) is 23.8. The summed E-state index contributed by atoms with van der Waals surface area (Å²) < 4.78 is 14.4. The van der Waals surface area contributed by atoms with E-state index in [1.165, 1.54) is 56.8 Å². The van der Waals surface area contributed by atoms with Crippen molar-refractivity contribution in [2.24, 2.45) is 0 Å². The van der Waals surface area contributed by atoms with E-state index in [1.807, 2.05) is 17.0 Å². The summed E-state index contributed by atoms with van der Waals surface area (Å²) in [5.41, 5.74) is 1.32. The SMILES string of the molecule is O=C(Cc1c(F)cccc1Cl)N1CCC[C@](CCN2CCC(N3CCCCC3)CC2)(c2cccc(Cl)c2)C1. The maximum Gasteiger partial charge on any atom is 0.227 e. The summed E-state index contributed by atoms with van der Waals surface area (Å²) in [6, 6.07) is 13.5. The Morgan fingerprint density at radius 2 is 1.71 bits per heavy atom. The second kappa shape index (κ2) is 12.7. The number of benzene rings is 2. The molecule has 5 rings (SSSR count). The Hall–Kier alpha value is -1.66. The lowest BCUT2D eigenvalue weighted by Gasteiger charge is -2.45. The molecule has 0 saturated carbocycles. The van der Waals surface area contributed by atoms with Crippen molar-refractivity contribution in [3.63, 3.8) is 0 Å². The molecule has 0 aromatic heterocycles. The van der Waals surface area contributed by atoms with Crippen molar-refractivity contribution >= 4 is 29.1 Å². The van der Waals surface area contributed by atoms with E-state index < -0.39 is 5.82 Å². The van der Waals surface area contributed by atoms with Crippen LogP contribution < -0.4 is 0 Å². The first kappa shape index (κ1) is 27.9. The highest BCUT2D eigenvalue weighted by molar-refractivity contribution is 6.31. The van der Waals surface area contributed by atoms with Crippen molar-refractivity contribution in [2.75, 3.05) is 45.8 Å². The summed E-state index contributed by atoms with van der Waals surface area (Å²) in [5, 5.41) is 1.04. The summed E-state index contributed by atoms with van der Waals surface area (Å²) in [7, 11) is 0. The molecular formula is C31H40Cl2FN3O. The number of amides is 1. The summed E-state index contributed by atoms with van der Waals surface area (Å²) in [4.78, 5) is 20.7. The standard InChI is InChI=1S/C31H40Cl2FN3O/c32-25-8-4-7-24(21-25)31(14-20-35-18-11-26(12-19-35)36-15-2-1-3-16-36)13-6-17-37(23-31)30(38)22-27-28(33)9-5-10-29(27)34/h4-5,7-10,21,26H,1-3,6,11-20,22-23H2/t31-/m1/s1. The number of carbonyl (C=O) groups is 1. The summed E-state index contributed by atoms with van der Waals surface area (Å²) >= 11 is 12.7. The third-order valence-electron chi connectivity index (χ3n) is 9.13. The van der Waals surface area contributed by atoms with Gasteiger partial charge in [-0.1, -0.05) is 47.8 Å². The van der Waals surface area contributed by atoms with Crippen LogP contribution in [0.2, 0.25) is 10.0 Å². The Bertz CT molecular complexity index is 1080. The van der Waals surface area contributed by atoms with Crippen molar-refractivity contribution in [1.82, 2.24) is 14.7 Å². The van der Waals surface area contributed by atoms with Crippen molar-refractivity contribution in [3.05, 3.63) is 69.5 Å². The van der Waals surface area contributed by atoms with E-state index in [9.17, 15) is 9.18 Å². The van der Waals surface area contributed by atoms with Crippen LogP contribution in [0.4, 0.5) is 4.39 Å². The van der Waals surface area contributed by atoms with Crippen molar-refractivity contribution in [3.8, 4) is 0 Å². The van der Waals surface area contributed by atoms with Crippen LogP contribution in [0.25, 0.3) is 0 Å². The lowest BCUT2D eigenvalue weighted by molar-refractivity contribution is -0.133. The van der Waals surface area contributed by atoms with Crippen LogP contribution in [0, 0.1) is 5.82 Å². The predicted molar refractivity (Wildman–Crippen MR) is 154 cm³/mol. The first-order chi connectivity index (χ1) is 18.4. The zero-order chi connectivity index (χ0) is 26.5. The van der Waals surface area contributed by atoms with Gasteiger partial charge >= 0.3 is 0 Å². The second-order valence-corrected chi connectivity index (χ2v) is 12.3. The van der Waals surface area contributed by atoms with Crippen molar-refractivity contribution in [2.45, 2.75) is 69.2 Å². The van der Waals surface area contributed by atoms with Crippen LogP contribution in [0.3, 0.4) is 0 Å². The highest BCUT2D eigenvalue weighted by Crippen LogP contribution is 2.39. The normalized spacial score (nSPS) is 24.0. The zero-order valence-electron chi connectivity index (χ0n) is 22.3. The van der Waals surface area contributed by atoms with Crippen LogP contribution in [0.15, 0.2) is 42.5 Å². The van der Waals surface area contributed by atoms with E-state index in [4.69, 9.17) is 23.2 Å². The monoisotopic (exact) mass is 559 g/mol. The van der Waals surface area contributed by atoms with Crippen LogP contribution in [0.5, 0.6) is 0 Å². The molecule has 1 amide bonds. The Kier molecular flexibility index (Phi) is 9.30. The van der Waals surface area contributed by atoms with Gasteiger partial charge in [-0.15, -0.1) is 0 Å². The fourth-order valence-electron chi connectivity index (χ4n) is 6.87. The molecular weight excluding hydrogens is 520 g/mol. The third-order valence-corrected chi connectivity index (χ3v) is 9.72. The first-order valence-electron chi connectivity index (χ1n) is 14.4. The largest absolute Gasteiger partial charge is 0.342 e. The predicted octanol–water partition coefficient (Wildman–Crippen LogP) is 6.58. The average molecular weight is 561 g/mol. The number of hydrogen-bond acceptors (Lipinski definition) is 3. The van der Waals surface area contributed by atoms with E-state index in [0.29, 0.717) is 18.1 Å². The molecule has 3 aliphatic heterocycles. The van der Waals surface area contributed by atoms with Gasteiger partial charge < -0.3 is 14.7 Å². The molecule has 7 heteroatoms. The van der Waals surface area contributed by atoms with Crippen LogP contribution >= 0.6 is 23.2 Å². The number of halogens is 3. The van der Waals surface area contributed by atoms with Gasteiger partial charge in [0.15, 0.2) is 0 Å². The second-order valence-electron chi connectivity index (χ2n) is 11.5. The van der Waals surface area contributed by atoms with Crippen molar-refractivity contribution in [1.29, 1.82) is 0 Å². The quantitative estimate of drug-likeness (QED) is 0.383. The van der Waals surface area contributed by atoms with Gasteiger partial charge in [-0.25, -0.2) is 4.39 Å². The van der Waals surface area contributed by atoms with Gasteiger partial charge in [0.25, 0.3) is 0 Å². The molecule has 38 heavy (non-hydrogen) atoms. The topological polar surface area (TPSA) is 26.8 Å². The lowest BCUT2D eigenvalue weighted by Crippen LogP contribution is -2.51. The average Bonchev–Trinajstić information content (AvgIpc) is 2.95. The lowest BCUT2D eigenvalue weighted by atomic mass is 9.71. The number of carbonyl (C=O) groups excluding carboxylic acids is 1. The Balaban J connectivity index is 1.27. The molecule has 2 aromatic rings. The molecule has 3 saturated heterocycles. The summed E-state index contributed by atoms with van der Waals surface area (Å²) in [6.07, 6.45) is 9.47. The molecule has 0 spiro atoms. The first-order valence-corrected chi connectivity index (χ1v) is 15.1. The summed E-state index contributed by atoms with van der Waals surface area (Å²) in [5.74, 6) is -0.484. The Morgan fingerprint density at radius 1 is 0.947 bits per heavy atom. The van der Waals surface area contributed by atoms with Crippen LogP contribution in [-0.2, 0) is 16.6 Å². The number of piperidine rings is 3. The van der Waals surface area contributed by atoms with Gasteiger partial charge in [0.1, 0.15) is 5.82 Å². The minimum Gasteiger partial charge on any atom is -0.342 e. The highest BCUT2D eigenvalue weighted by Gasteiger charge is 2.39. The van der Waals surface area contributed by atoms with E-state index in [2.05, 4.69) is 21.9 Å². The fourth-order valence-corrected chi connectivity index (χ4v) is 7.30. The smallest absolute Gasteiger partial charge is 0.227 e. The van der Waals surface area contributed by atoms with Crippen molar-refractivity contribution < 1.29 is 9.18 Å². The molecule has 0 unspecified atom stereocenters. The maximum atomic E-state index is 14.4. The maximum absolute atomic E-state index is 14.4. The molecule has 2 aromatic carbocycles. The van der Waals surface area contributed by atoms with Gasteiger partial charge in [-0.2, -0.15) is 0 Å². The fraction of sp³-hybridized carbons (Fsp3) is 0.581. The molecule has 1 atom stereocenters. The molecule has 3 heterocycles. The number of rotatable bonds is 7. The van der Waals surface area contributed by atoms with Gasteiger partial charge in [0.2, 0.25) is 5.91 Å². The molecule has 3 fully saturated rings.